The van der Waals surface area contributed by atoms with E-state index in [-0.39, 0.29) is 78.3 Å². The second-order valence-corrected chi connectivity index (χ2v) is 15.3. The smallest absolute Gasteiger partial charge is 0.657 e. The molecule has 3 aliphatic rings. The van der Waals surface area contributed by atoms with E-state index in [1.165, 1.54) is 7.11 Å². The van der Waals surface area contributed by atoms with Crippen molar-refractivity contribution in [2.24, 2.45) is 0 Å². The molecule has 0 aliphatic carbocycles. The molecule has 3 aromatic heterocycles. The molecule has 328 valence electrons. The summed E-state index contributed by atoms with van der Waals surface area (Å²) in [6, 6.07) is 7.11. The number of hydrogen-bond acceptors (Lipinski definition) is 11. The zero-order valence-corrected chi connectivity index (χ0v) is 35.9. The fourth-order valence-electron chi connectivity index (χ4n) is 7.85. The number of carbonyl (C=O) groups excluding carboxylic acids is 1. The van der Waals surface area contributed by atoms with E-state index in [9.17, 15) is 49.8 Å². The van der Waals surface area contributed by atoms with Gasteiger partial charge in [0, 0.05) is 39.3 Å². The van der Waals surface area contributed by atoms with Gasteiger partial charge in [-0.2, -0.15) is 0 Å². The van der Waals surface area contributed by atoms with Crippen molar-refractivity contribution in [2.45, 2.75) is 110 Å². The summed E-state index contributed by atoms with van der Waals surface area (Å²) in [6.07, 6.45) is -6.47. The molecule has 6 heterocycles. The van der Waals surface area contributed by atoms with Crippen LogP contribution >= 0.6 is 0 Å². The van der Waals surface area contributed by atoms with Gasteiger partial charge in [-0.25, -0.2) is 9.97 Å². The fourth-order valence-corrected chi connectivity index (χ4v) is 7.85. The predicted octanol–water partition coefficient (Wildman–Crippen LogP) is 3.30. The molecular weight excluding hydrogens is 885 g/mol. The van der Waals surface area contributed by atoms with Crippen molar-refractivity contribution in [2.75, 3.05) is 13.7 Å². The zero-order valence-electron chi connectivity index (χ0n) is 34.3. The molecule has 3 aromatic rings. The minimum atomic E-state index is -1.55. The Morgan fingerprint density at radius 1 is 0.639 bits per heavy atom. The van der Waals surface area contributed by atoms with E-state index in [1.54, 1.807) is 24.3 Å². The van der Waals surface area contributed by atoms with E-state index >= 15 is 0 Å². The van der Waals surface area contributed by atoms with Gasteiger partial charge in [-0.3, -0.25) is 19.2 Å². The Kier molecular flexibility index (Phi) is 15.2. The third-order valence-electron chi connectivity index (χ3n) is 11.4. The molecule has 8 bridgehead atoms. The summed E-state index contributed by atoms with van der Waals surface area (Å²) in [5.41, 5.74) is 9.87. The number of aliphatic carboxylic acids is 3. The maximum absolute atomic E-state index is 13.3. The van der Waals surface area contributed by atoms with E-state index in [1.807, 2.05) is 27.7 Å². The van der Waals surface area contributed by atoms with E-state index in [0.717, 1.165) is 27.8 Å². The van der Waals surface area contributed by atoms with Crippen molar-refractivity contribution in [1.29, 1.82) is 0 Å². The number of nitrogens with zero attached hydrogens (tertiary/aromatic N) is 4. The molecule has 7 N–H and O–H groups in total. The van der Waals surface area contributed by atoms with Crippen LogP contribution in [0.3, 0.4) is 0 Å². The summed E-state index contributed by atoms with van der Waals surface area (Å²) in [5.74, 6) is -3.33. The van der Waals surface area contributed by atoms with Gasteiger partial charge >= 0.3 is 38.3 Å². The summed E-state index contributed by atoms with van der Waals surface area (Å²) in [5, 5.41) is 62.4. The summed E-state index contributed by atoms with van der Waals surface area (Å²) < 4.78 is 10.6. The summed E-state index contributed by atoms with van der Waals surface area (Å²) in [6.45, 7) is 7.22. The first kappa shape index (κ1) is 47.0. The SMILES string of the molecule is CO[C@H]1O[C@H](CNC(=O)CCC2=C(C)c3cc4[n-]c(cc5nc(cc6[n-]c(cc2n3)c(C)c6CCC(=O)O)C(C)=C5CCC(=O)O)c(C)c4CCC(=O)O)[C@@H](O)[C@H](O)[C@@H]1O.[Pd+2]. The minimum absolute atomic E-state index is 0. The summed E-state index contributed by atoms with van der Waals surface area (Å²) >= 11 is 0. The number of nitrogens with one attached hydrogen (secondary N) is 1. The molecule has 1 fully saturated rings. The third kappa shape index (κ3) is 10.4. The molecule has 18 heteroatoms. The third-order valence-corrected chi connectivity index (χ3v) is 11.4. The molecule has 6 rings (SSSR count). The van der Waals surface area contributed by atoms with Crippen LogP contribution in [-0.4, -0.2) is 109 Å². The van der Waals surface area contributed by atoms with Gasteiger partial charge in [0.1, 0.15) is 24.4 Å². The van der Waals surface area contributed by atoms with Crippen molar-refractivity contribution in [3.63, 3.8) is 0 Å². The fraction of sp³-hybridized carbons (Fsp3) is 0.442. The number of methoxy groups -OCH3 is 1. The Morgan fingerprint density at radius 3 is 1.51 bits per heavy atom. The topological polar surface area (TPSA) is 274 Å². The summed E-state index contributed by atoms with van der Waals surface area (Å²) in [7, 11) is 1.28. The van der Waals surface area contributed by atoms with Gasteiger partial charge < -0.3 is 55.4 Å². The van der Waals surface area contributed by atoms with E-state index in [0.29, 0.717) is 61.5 Å². The number of aliphatic hydroxyl groups is 3. The maximum atomic E-state index is 13.3. The van der Waals surface area contributed by atoms with Crippen LogP contribution in [0.1, 0.15) is 97.4 Å². The average Bonchev–Trinajstić information content (AvgIpc) is 3.85. The molecule has 3 aliphatic heterocycles. The van der Waals surface area contributed by atoms with Crippen molar-refractivity contribution in [3.05, 3.63) is 69.3 Å². The van der Waals surface area contributed by atoms with Gasteiger partial charge in [0.05, 0.1) is 22.8 Å². The first-order valence-electron chi connectivity index (χ1n) is 19.6. The van der Waals surface area contributed by atoms with Crippen molar-refractivity contribution in [3.8, 4) is 0 Å². The van der Waals surface area contributed by atoms with Crippen LogP contribution in [0.5, 0.6) is 0 Å². The Balaban J connectivity index is 0.00000704. The van der Waals surface area contributed by atoms with Gasteiger partial charge in [-0.05, 0) is 75.7 Å². The number of hydrogen-bond donors (Lipinski definition) is 7. The van der Waals surface area contributed by atoms with Gasteiger partial charge in [-0.1, -0.05) is 46.5 Å². The van der Waals surface area contributed by atoms with Crippen LogP contribution in [0.15, 0.2) is 24.3 Å². The van der Waals surface area contributed by atoms with Gasteiger partial charge in [0.25, 0.3) is 0 Å². The molecule has 0 unspecified atom stereocenters. The zero-order chi connectivity index (χ0) is 43.6. The number of amides is 1. The van der Waals surface area contributed by atoms with Gasteiger partial charge in [0.15, 0.2) is 6.29 Å². The maximum Gasteiger partial charge on any atom is 2.00 e. The standard InChI is InChI=1S/C43H51N5O12.Pd/c1-19-23(6-10-36(49)44-18-35-40(56)41(57)42(58)43(59-5)60-35)31-14-28-20(2)24(7-11-37(50)51)33(46-28)16-30-22(4)26(9-13-39(54)55)34(48-30)17-29-21(3)25(8-12-38(52)53)32(47-29)15-27(19)45-31;/h14-17,35,40-43,56-58H,6-13,18H2,1-5H3,(H6,44,45,46,47,48,49,50,51,52,53,54,55);/q;+2/p-2/t35-,40-,41+,42+,43+;/m1./s1. The number of aliphatic hydroxyl groups excluding tert-OH is 3. The molecule has 0 radical (unpaired) electrons. The Bertz CT molecular complexity index is 2450. The molecule has 0 spiro atoms. The van der Waals surface area contributed by atoms with Crippen LogP contribution in [-0.2, 0) is 61.9 Å². The van der Waals surface area contributed by atoms with Gasteiger partial charge in [0.2, 0.25) is 5.91 Å². The van der Waals surface area contributed by atoms with Crippen LogP contribution in [0.25, 0.3) is 44.4 Å². The number of allylic oxidation sites excluding steroid dienone is 4. The molecule has 0 aromatic carbocycles. The van der Waals surface area contributed by atoms with Crippen molar-refractivity contribution < 1.29 is 79.7 Å². The number of aryl methyl sites for hydroxylation is 4. The van der Waals surface area contributed by atoms with E-state index in [4.69, 9.17) is 29.4 Å². The van der Waals surface area contributed by atoms with E-state index in [2.05, 4.69) is 5.32 Å². The first-order chi connectivity index (χ1) is 28.5. The Morgan fingerprint density at radius 2 is 1.07 bits per heavy atom. The van der Waals surface area contributed by atoms with Crippen LogP contribution in [0, 0.1) is 13.8 Å². The predicted molar refractivity (Wildman–Crippen MR) is 218 cm³/mol. The monoisotopic (exact) mass is 933 g/mol. The Labute approximate surface area is 364 Å². The number of aromatic nitrogens is 4. The number of carboxylic acids is 3. The van der Waals surface area contributed by atoms with Crippen LogP contribution < -0.4 is 15.3 Å². The van der Waals surface area contributed by atoms with E-state index < -0.39 is 54.5 Å². The van der Waals surface area contributed by atoms with Gasteiger partial charge in [-0.15, -0.1) is 22.1 Å². The molecule has 1 saturated heterocycles. The number of carboxylic acid groups (broad SMARTS) is 3. The average molecular weight is 934 g/mol. The number of ether oxygens (including phenoxy) is 2. The molecular formula is C43H49N5O12Pd. The quantitative estimate of drug-likeness (QED) is 0.108. The van der Waals surface area contributed by atoms with Crippen molar-refractivity contribution >= 4 is 68.2 Å². The molecule has 0 saturated carbocycles. The second kappa shape index (κ2) is 19.8. The van der Waals surface area contributed by atoms with Crippen molar-refractivity contribution in [1.82, 2.24) is 25.3 Å². The van der Waals surface area contributed by atoms with Crippen LogP contribution in [0.4, 0.5) is 0 Å². The molecule has 61 heavy (non-hydrogen) atoms. The molecule has 17 nitrogen and oxygen atoms in total. The largest absolute Gasteiger partial charge is 2.00 e. The Hall–Kier alpha value is -5.06. The number of carbonyl (C=O) groups is 4. The normalized spacial score (nSPS) is 20.1. The first-order valence-corrected chi connectivity index (χ1v) is 19.6. The summed E-state index contributed by atoms with van der Waals surface area (Å²) in [4.78, 5) is 68.3. The minimum Gasteiger partial charge on any atom is -0.657 e. The second-order valence-electron chi connectivity index (χ2n) is 15.3. The molecule has 1 amide bonds. The van der Waals surface area contributed by atoms with Crippen LogP contribution in [0.2, 0.25) is 0 Å². The number of rotatable bonds is 15. The molecule has 5 atom stereocenters. The number of fused-ring (bicyclic) bond motifs is 8.